The number of rotatable bonds is 3. The standard InChI is InChI=1S/C13H25NO/c1-6-8-13(4,5)14-9-7-12(15)10(2)11(14)3/h10-11H,6-9H2,1-5H3. The predicted molar refractivity (Wildman–Crippen MR) is 63.9 cm³/mol. The van der Waals surface area contributed by atoms with Gasteiger partial charge in [0.05, 0.1) is 0 Å². The number of nitrogens with zero attached hydrogens (tertiary/aromatic N) is 1. The molecule has 0 bridgehead atoms. The maximum atomic E-state index is 11.6. The zero-order valence-corrected chi connectivity index (χ0v) is 10.8. The van der Waals surface area contributed by atoms with E-state index in [0.717, 1.165) is 13.0 Å². The second-order valence-electron chi connectivity index (χ2n) is 5.50. The summed E-state index contributed by atoms with van der Waals surface area (Å²) in [7, 11) is 0. The van der Waals surface area contributed by atoms with E-state index in [0.29, 0.717) is 11.8 Å². The van der Waals surface area contributed by atoms with Gasteiger partial charge < -0.3 is 0 Å². The highest BCUT2D eigenvalue weighted by atomic mass is 16.1. The molecule has 1 fully saturated rings. The molecule has 0 spiro atoms. The van der Waals surface area contributed by atoms with Crippen molar-refractivity contribution in [3.8, 4) is 0 Å². The topological polar surface area (TPSA) is 20.3 Å². The lowest BCUT2D eigenvalue weighted by atomic mass is 9.85. The highest BCUT2D eigenvalue weighted by Crippen LogP contribution is 2.30. The van der Waals surface area contributed by atoms with Gasteiger partial charge in [0.15, 0.2) is 0 Å². The third-order valence-corrected chi connectivity index (χ3v) is 3.96. The quantitative estimate of drug-likeness (QED) is 0.715. The second-order valence-corrected chi connectivity index (χ2v) is 5.50. The number of hydrogen-bond acceptors (Lipinski definition) is 2. The Morgan fingerprint density at radius 2 is 2.00 bits per heavy atom. The third-order valence-electron chi connectivity index (χ3n) is 3.96. The van der Waals surface area contributed by atoms with Gasteiger partial charge >= 0.3 is 0 Å². The molecule has 1 rings (SSSR count). The van der Waals surface area contributed by atoms with Crippen molar-refractivity contribution in [3.05, 3.63) is 0 Å². The fourth-order valence-electron chi connectivity index (χ4n) is 2.81. The van der Waals surface area contributed by atoms with Gasteiger partial charge in [-0.3, -0.25) is 9.69 Å². The van der Waals surface area contributed by atoms with Crippen molar-refractivity contribution < 1.29 is 4.79 Å². The summed E-state index contributed by atoms with van der Waals surface area (Å²) in [6.45, 7) is 12.0. The molecule has 2 nitrogen and oxygen atoms in total. The van der Waals surface area contributed by atoms with Crippen LogP contribution in [-0.2, 0) is 4.79 Å². The molecule has 2 atom stereocenters. The number of carbonyl (C=O) groups is 1. The first-order chi connectivity index (χ1) is 6.90. The van der Waals surface area contributed by atoms with Gasteiger partial charge in [0.2, 0.25) is 0 Å². The summed E-state index contributed by atoms with van der Waals surface area (Å²) in [5, 5.41) is 0. The molecule has 0 amide bonds. The van der Waals surface area contributed by atoms with Crippen molar-refractivity contribution in [3.63, 3.8) is 0 Å². The van der Waals surface area contributed by atoms with E-state index in [9.17, 15) is 4.79 Å². The third kappa shape index (κ3) is 2.60. The fraction of sp³-hybridized carbons (Fsp3) is 0.923. The van der Waals surface area contributed by atoms with Crippen LogP contribution < -0.4 is 0 Å². The molecule has 1 aliphatic rings. The van der Waals surface area contributed by atoms with Crippen LogP contribution in [0.15, 0.2) is 0 Å². The van der Waals surface area contributed by atoms with Crippen LogP contribution in [0.2, 0.25) is 0 Å². The van der Waals surface area contributed by atoms with Crippen LogP contribution in [0.1, 0.15) is 53.9 Å². The van der Waals surface area contributed by atoms with Gasteiger partial charge in [0.1, 0.15) is 5.78 Å². The number of carbonyl (C=O) groups excluding carboxylic acids is 1. The van der Waals surface area contributed by atoms with Gasteiger partial charge in [0.25, 0.3) is 0 Å². The first kappa shape index (κ1) is 12.7. The van der Waals surface area contributed by atoms with E-state index in [1.165, 1.54) is 12.8 Å². The van der Waals surface area contributed by atoms with Crippen LogP contribution in [0.25, 0.3) is 0 Å². The predicted octanol–water partition coefficient (Wildman–Crippen LogP) is 2.86. The van der Waals surface area contributed by atoms with Gasteiger partial charge in [-0.1, -0.05) is 20.3 Å². The van der Waals surface area contributed by atoms with Gasteiger partial charge in [-0.05, 0) is 27.2 Å². The highest BCUT2D eigenvalue weighted by molar-refractivity contribution is 5.82. The Bertz CT molecular complexity index is 235. The zero-order chi connectivity index (χ0) is 11.6. The van der Waals surface area contributed by atoms with Crippen LogP contribution in [0.3, 0.4) is 0 Å². The maximum Gasteiger partial charge on any atom is 0.138 e. The van der Waals surface area contributed by atoms with E-state index in [4.69, 9.17) is 0 Å². The molecule has 2 unspecified atom stereocenters. The van der Waals surface area contributed by atoms with Crippen molar-refractivity contribution in [2.75, 3.05) is 6.54 Å². The van der Waals surface area contributed by atoms with E-state index in [1.54, 1.807) is 0 Å². The summed E-state index contributed by atoms with van der Waals surface area (Å²) in [6, 6.07) is 0.396. The Morgan fingerprint density at radius 3 is 2.53 bits per heavy atom. The molecule has 1 saturated heterocycles. The molecule has 15 heavy (non-hydrogen) atoms. The second kappa shape index (κ2) is 4.65. The number of piperidine rings is 1. The minimum atomic E-state index is 0.204. The molecule has 2 heteroatoms. The molecular weight excluding hydrogens is 186 g/mol. The summed E-state index contributed by atoms with van der Waals surface area (Å²) in [4.78, 5) is 14.1. The maximum absolute atomic E-state index is 11.6. The van der Waals surface area contributed by atoms with Crippen molar-refractivity contribution in [2.45, 2.75) is 65.5 Å². The Morgan fingerprint density at radius 1 is 1.40 bits per heavy atom. The van der Waals surface area contributed by atoms with Crippen molar-refractivity contribution in [2.24, 2.45) is 5.92 Å². The largest absolute Gasteiger partial charge is 0.299 e. The lowest BCUT2D eigenvalue weighted by Crippen LogP contribution is -2.56. The lowest BCUT2D eigenvalue weighted by Gasteiger charge is -2.47. The minimum absolute atomic E-state index is 0.204. The van der Waals surface area contributed by atoms with Crippen LogP contribution in [-0.4, -0.2) is 28.8 Å². The Hall–Kier alpha value is -0.370. The molecule has 0 aromatic rings. The van der Waals surface area contributed by atoms with Crippen molar-refractivity contribution in [1.82, 2.24) is 4.90 Å². The molecule has 0 N–H and O–H groups in total. The first-order valence-corrected chi connectivity index (χ1v) is 6.19. The molecule has 0 aromatic carbocycles. The number of likely N-dealkylation sites (tertiary alicyclic amines) is 1. The SMILES string of the molecule is CCCC(C)(C)N1CCC(=O)C(C)C1C. The Labute approximate surface area is 94.0 Å². The summed E-state index contributed by atoms with van der Waals surface area (Å²) < 4.78 is 0. The Kier molecular flexibility index (Phi) is 3.93. The smallest absolute Gasteiger partial charge is 0.138 e. The molecule has 1 aliphatic heterocycles. The van der Waals surface area contributed by atoms with Crippen LogP contribution in [0.5, 0.6) is 0 Å². The van der Waals surface area contributed by atoms with Gasteiger partial charge in [-0.2, -0.15) is 0 Å². The summed E-state index contributed by atoms with van der Waals surface area (Å²) in [5.41, 5.74) is 0.239. The molecule has 1 heterocycles. The number of hydrogen-bond donors (Lipinski definition) is 0. The monoisotopic (exact) mass is 211 g/mol. The molecular formula is C13H25NO. The molecule has 0 saturated carbocycles. The van der Waals surface area contributed by atoms with Crippen LogP contribution in [0.4, 0.5) is 0 Å². The fourth-order valence-corrected chi connectivity index (χ4v) is 2.81. The molecule has 0 aliphatic carbocycles. The normalized spacial score (nSPS) is 29.5. The molecule has 0 radical (unpaired) electrons. The number of ketones is 1. The Balaban J connectivity index is 2.74. The van der Waals surface area contributed by atoms with Crippen LogP contribution in [0, 0.1) is 5.92 Å². The lowest BCUT2D eigenvalue weighted by molar-refractivity contribution is -0.130. The summed E-state index contributed by atoms with van der Waals surface area (Å²) in [6.07, 6.45) is 3.15. The highest BCUT2D eigenvalue weighted by Gasteiger charge is 2.37. The summed E-state index contributed by atoms with van der Waals surface area (Å²) in [5.74, 6) is 0.640. The van der Waals surface area contributed by atoms with Crippen molar-refractivity contribution >= 4 is 5.78 Å². The van der Waals surface area contributed by atoms with E-state index in [2.05, 4.69) is 39.5 Å². The van der Waals surface area contributed by atoms with Crippen LogP contribution >= 0.6 is 0 Å². The van der Waals surface area contributed by atoms with Gasteiger partial charge in [0, 0.05) is 30.5 Å². The van der Waals surface area contributed by atoms with Crippen molar-refractivity contribution in [1.29, 1.82) is 0 Å². The van der Waals surface area contributed by atoms with Gasteiger partial charge in [-0.25, -0.2) is 0 Å². The van der Waals surface area contributed by atoms with Gasteiger partial charge in [-0.15, -0.1) is 0 Å². The van der Waals surface area contributed by atoms with E-state index < -0.39 is 0 Å². The number of Topliss-reactive ketones (excluding diaryl/α,β-unsaturated/α-hetero) is 1. The summed E-state index contributed by atoms with van der Waals surface area (Å²) >= 11 is 0. The van der Waals surface area contributed by atoms with E-state index >= 15 is 0 Å². The zero-order valence-electron chi connectivity index (χ0n) is 10.8. The molecule has 0 aromatic heterocycles. The first-order valence-electron chi connectivity index (χ1n) is 6.19. The molecule has 88 valence electrons. The van der Waals surface area contributed by atoms with E-state index in [1.807, 2.05) is 0 Å². The average Bonchev–Trinajstić information content (AvgIpc) is 2.13. The average molecular weight is 211 g/mol. The van der Waals surface area contributed by atoms with E-state index in [-0.39, 0.29) is 11.5 Å². The minimum Gasteiger partial charge on any atom is -0.299 e.